The van der Waals surface area contributed by atoms with E-state index in [0.29, 0.717) is 0 Å². The highest BCUT2D eigenvalue weighted by Gasteiger charge is 2.12. The third-order valence-electron chi connectivity index (χ3n) is 5.81. The Morgan fingerprint density at radius 2 is 1.32 bits per heavy atom. The standard InChI is InChI=1S/C22H39N5O/c1-25-11-13-26(14-12-25)9-2-7-23-19-21-3-5-22(6-4-21)20-24-8-10-27-15-17-28-18-16-27/h3-6,23-24H,2,7-20H2,1H3. The summed E-state index contributed by atoms with van der Waals surface area (Å²) in [5.74, 6) is 0. The Balaban J connectivity index is 1.21. The zero-order valence-corrected chi connectivity index (χ0v) is 17.7. The first-order valence-electron chi connectivity index (χ1n) is 11.0. The molecule has 1 aromatic rings. The third-order valence-corrected chi connectivity index (χ3v) is 5.81. The van der Waals surface area contributed by atoms with Gasteiger partial charge in [-0.15, -0.1) is 0 Å². The molecular weight excluding hydrogens is 350 g/mol. The highest BCUT2D eigenvalue weighted by Crippen LogP contribution is 2.05. The monoisotopic (exact) mass is 389 g/mol. The second-order valence-electron chi connectivity index (χ2n) is 8.12. The van der Waals surface area contributed by atoms with Gasteiger partial charge in [0.2, 0.25) is 0 Å². The van der Waals surface area contributed by atoms with Crippen molar-refractivity contribution in [2.45, 2.75) is 19.5 Å². The van der Waals surface area contributed by atoms with Crippen molar-refractivity contribution in [1.82, 2.24) is 25.3 Å². The van der Waals surface area contributed by atoms with Crippen molar-refractivity contribution < 1.29 is 4.74 Å². The van der Waals surface area contributed by atoms with Crippen LogP contribution in [-0.2, 0) is 17.8 Å². The molecule has 0 aromatic heterocycles. The molecular formula is C22H39N5O. The van der Waals surface area contributed by atoms with Gasteiger partial charge in [-0.25, -0.2) is 0 Å². The molecule has 1 aromatic carbocycles. The maximum Gasteiger partial charge on any atom is 0.0594 e. The van der Waals surface area contributed by atoms with Crippen LogP contribution in [0, 0.1) is 0 Å². The van der Waals surface area contributed by atoms with Gasteiger partial charge >= 0.3 is 0 Å². The van der Waals surface area contributed by atoms with Crippen molar-refractivity contribution >= 4 is 0 Å². The van der Waals surface area contributed by atoms with Crippen LogP contribution in [0.2, 0.25) is 0 Å². The predicted octanol–water partition coefficient (Wildman–Crippen LogP) is 0.836. The van der Waals surface area contributed by atoms with Crippen LogP contribution in [-0.4, -0.2) is 100 Å². The number of hydrogen-bond donors (Lipinski definition) is 2. The molecule has 2 N–H and O–H groups in total. The van der Waals surface area contributed by atoms with Crippen molar-refractivity contribution in [2.24, 2.45) is 0 Å². The summed E-state index contributed by atoms with van der Waals surface area (Å²) in [5, 5.41) is 7.15. The molecule has 0 amide bonds. The fraction of sp³-hybridized carbons (Fsp3) is 0.727. The summed E-state index contributed by atoms with van der Waals surface area (Å²) in [4.78, 5) is 7.47. The molecule has 0 spiro atoms. The first-order chi connectivity index (χ1) is 13.8. The molecule has 6 nitrogen and oxygen atoms in total. The molecule has 158 valence electrons. The van der Waals surface area contributed by atoms with Crippen molar-refractivity contribution in [3.8, 4) is 0 Å². The van der Waals surface area contributed by atoms with Crippen LogP contribution < -0.4 is 10.6 Å². The summed E-state index contributed by atoms with van der Waals surface area (Å²) in [6.45, 7) is 15.1. The molecule has 28 heavy (non-hydrogen) atoms. The summed E-state index contributed by atoms with van der Waals surface area (Å²) in [6.07, 6.45) is 1.23. The van der Waals surface area contributed by atoms with Gasteiger partial charge in [0.15, 0.2) is 0 Å². The van der Waals surface area contributed by atoms with Gasteiger partial charge in [-0.1, -0.05) is 24.3 Å². The molecule has 6 heteroatoms. The normalized spacial score (nSPS) is 19.9. The molecule has 0 bridgehead atoms. The van der Waals surface area contributed by atoms with E-state index in [1.165, 1.54) is 50.3 Å². The molecule has 2 heterocycles. The molecule has 2 fully saturated rings. The Morgan fingerprint density at radius 1 is 0.750 bits per heavy atom. The Labute approximate surface area is 171 Å². The first-order valence-corrected chi connectivity index (χ1v) is 11.0. The van der Waals surface area contributed by atoms with Gasteiger partial charge in [0.05, 0.1) is 13.2 Å². The first kappa shape index (κ1) is 21.7. The summed E-state index contributed by atoms with van der Waals surface area (Å²) in [7, 11) is 2.21. The minimum Gasteiger partial charge on any atom is -0.379 e. The lowest BCUT2D eigenvalue weighted by atomic mass is 10.1. The van der Waals surface area contributed by atoms with Crippen molar-refractivity contribution in [2.75, 3.05) is 85.7 Å². The fourth-order valence-corrected chi connectivity index (χ4v) is 3.80. The summed E-state index contributed by atoms with van der Waals surface area (Å²) in [5.41, 5.74) is 2.73. The predicted molar refractivity (Wildman–Crippen MR) is 116 cm³/mol. The highest BCUT2D eigenvalue weighted by molar-refractivity contribution is 5.22. The second-order valence-corrected chi connectivity index (χ2v) is 8.12. The Hall–Kier alpha value is -1.02. The van der Waals surface area contributed by atoms with Crippen LogP contribution in [0.1, 0.15) is 17.5 Å². The third kappa shape index (κ3) is 8.15. The molecule has 0 saturated carbocycles. The number of morpholine rings is 1. The molecule has 2 aliphatic heterocycles. The van der Waals surface area contributed by atoms with Gasteiger partial charge < -0.3 is 25.2 Å². The van der Waals surface area contributed by atoms with E-state index in [2.05, 4.69) is 56.6 Å². The van der Waals surface area contributed by atoms with E-state index >= 15 is 0 Å². The zero-order chi connectivity index (χ0) is 19.4. The number of benzene rings is 1. The smallest absolute Gasteiger partial charge is 0.0594 e. The summed E-state index contributed by atoms with van der Waals surface area (Å²) >= 11 is 0. The van der Waals surface area contributed by atoms with Gasteiger partial charge in [-0.3, -0.25) is 4.90 Å². The van der Waals surface area contributed by atoms with Gasteiger partial charge in [0, 0.05) is 65.4 Å². The average molecular weight is 390 g/mol. The maximum absolute atomic E-state index is 5.39. The molecule has 3 rings (SSSR count). The lowest BCUT2D eigenvalue weighted by Crippen LogP contribution is -2.45. The summed E-state index contributed by atoms with van der Waals surface area (Å²) in [6, 6.07) is 9.02. The van der Waals surface area contributed by atoms with Crippen LogP contribution in [0.3, 0.4) is 0 Å². The van der Waals surface area contributed by atoms with E-state index in [1.54, 1.807) is 0 Å². The number of piperazine rings is 1. The van der Waals surface area contributed by atoms with Gasteiger partial charge in [-0.05, 0) is 37.7 Å². The van der Waals surface area contributed by atoms with E-state index in [4.69, 9.17) is 4.74 Å². The number of ether oxygens (including phenoxy) is 1. The number of nitrogens with zero attached hydrogens (tertiary/aromatic N) is 3. The van der Waals surface area contributed by atoms with Gasteiger partial charge in [0.25, 0.3) is 0 Å². The molecule has 2 aliphatic rings. The SMILES string of the molecule is CN1CCN(CCCNCc2ccc(CNCCN3CCOCC3)cc2)CC1. The van der Waals surface area contributed by atoms with E-state index < -0.39 is 0 Å². The Bertz CT molecular complexity index is 524. The van der Waals surface area contributed by atoms with Crippen LogP contribution in [0.5, 0.6) is 0 Å². The van der Waals surface area contributed by atoms with E-state index in [9.17, 15) is 0 Å². The zero-order valence-electron chi connectivity index (χ0n) is 17.7. The van der Waals surface area contributed by atoms with Crippen LogP contribution in [0.25, 0.3) is 0 Å². The number of nitrogens with one attached hydrogen (secondary N) is 2. The van der Waals surface area contributed by atoms with Crippen LogP contribution in [0.15, 0.2) is 24.3 Å². The van der Waals surface area contributed by atoms with Crippen molar-refractivity contribution in [3.05, 3.63) is 35.4 Å². The number of hydrogen-bond acceptors (Lipinski definition) is 6. The second kappa shape index (κ2) is 12.5. The fourth-order valence-electron chi connectivity index (χ4n) is 3.80. The lowest BCUT2D eigenvalue weighted by molar-refractivity contribution is 0.0384. The van der Waals surface area contributed by atoms with E-state index in [1.807, 2.05) is 0 Å². The molecule has 2 saturated heterocycles. The van der Waals surface area contributed by atoms with E-state index in [-0.39, 0.29) is 0 Å². The maximum atomic E-state index is 5.39. The van der Waals surface area contributed by atoms with Crippen molar-refractivity contribution in [3.63, 3.8) is 0 Å². The quantitative estimate of drug-likeness (QED) is 0.547. The van der Waals surface area contributed by atoms with Gasteiger partial charge in [-0.2, -0.15) is 0 Å². The van der Waals surface area contributed by atoms with Crippen molar-refractivity contribution in [1.29, 1.82) is 0 Å². The topological polar surface area (TPSA) is 43.0 Å². The number of rotatable bonds is 11. The minimum absolute atomic E-state index is 0.880. The molecule has 0 aliphatic carbocycles. The van der Waals surface area contributed by atoms with E-state index in [0.717, 1.165) is 59.0 Å². The molecule has 0 unspecified atom stereocenters. The number of likely N-dealkylation sites (N-methyl/N-ethyl adjacent to an activating group) is 1. The Kier molecular flexibility index (Phi) is 9.70. The molecule has 0 atom stereocenters. The van der Waals surface area contributed by atoms with Crippen LogP contribution >= 0.6 is 0 Å². The minimum atomic E-state index is 0.880. The summed E-state index contributed by atoms with van der Waals surface area (Å²) < 4.78 is 5.39. The van der Waals surface area contributed by atoms with Gasteiger partial charge in [0.1, 0.15) is 0 Å². The average Bonchev–Trinajstić information content (AvgIpc) is 2.74. The highest BCUT2D eigenvalue weighted by atomic mass is 16.5. The van der Waals surface area contributed by atoms with Crippen LogP contribution in [0.4, 0.5) is 0 Å². The lowest BCUT2D eigenvalue weighted by Gasteiger charge is -2.32. The Morgan fingerprint density at radius 3 is 1.96 bits per heavy atom. The largest absolute Gasteiger partial charge is 0.379 e. The molecule has 0 radical (unpaired) electrons.